The third-order valence-electron chi connectivity index (χ3n) is 4.00. The maximum Gasteiger partial charge on any atom is 0.317 e. The van der Waals surface area contributed by atoms with Crippen molar-refractivity contribution in [3.63, 3.8) is 0 Å². The van der Waals surface area contributed by atoms with Gasteiger partial charge in [-0.25, -0.2) is 0 Å². The summed E-state index contributed by atoms with van der Waals surface area (Å²) in [6, 6.07) is 0.403. The molecule has 0 atom stereocenters. The Bertz CT molecular complexity index is 435. The average molecular weight is 396 g/mol. The number of hydrogen-bond donors (Lipinski definition) is 6. The second kappa shape index (κ2) is 12.7. The summed E-state index contributed by atoms with van der Waals surface area (Å²) in [5.74, 6) is -3.44. The minimum Gasteiger partial charge on any atom is -0.480 e. The Morgan fingerprint density at radius 3 is 1.42 bits per heavy atom. The summed E-state index contributed by atoms with van der Waals surface area (Å²) in [4.78, 5) is 35.3. The molecule has 0 heterocycles. The summed E-state index contributed by atoms with van der Waals surface area (Å²) >= 11 is 0. The highest BCUT2D eigenvalue weighted by atomic mass is 28.3. The smallest absolute Gasteiger partial charge is 0.317 e. The Hall–Kier alpha value is -1.57. The molecule has 0 spiro atoms. The lowest BCUT2D eigenvalue weighted by molar-refractivity contribution is -0.143. The van der Waals surface area contributed by atoms with Gasteiger partial charge in [-0.05, 0) is 13.0 Å². The predicted molar refractivity (Wildman–Crippen MR) is 92.2 cm³/mol. The molecule has 152 valence electrons. The highest BCUT2D eigenvalue weighted by Gasteiger charge is 2.31. The monoisotopic (exact) mass is 396 g/mol. The van der Waals surface area contributed by atoms with Crippen LogP contribution in [0.25, 0.3) is 0 Å². The van der Waals surface area contributed by atoms with E-state index in [1.165, 1.54) is 9.80 Å². The van der Waals surface area contributed by atoms with E-state index in [1.807, 2.05) is 0 Å². The van der Waals surface area contributed by atoms with Crippen LogP contribution in [0, 0.1) is 0 Å². The SMILES string of the molecule is O=C(O)CN(CCC[Si](CO)(CO)CO)CCN(CC(=O)O)CC(=O)O. The number of aliphatic hydroxyl groups excluding tert-OH is 3. The van der Waals surface area contributed by atoms with Gasteiger partial charge >= 0.3 is 17.9 Å². The molecule has 0 aliphatic carbocycles. The Morgan fingerprint density at radius 1 is 0.654 bits per heavy atom. The molecule has 0 rings (SSSR count). The number of carboxylic acids is 3. The maximum atomic E-state index is 11.0. The fourth-order valence-corrected chi connectivity index (χ4v) is 4.09. The second-order valence-corrected chi connectivity index (χ2v) is 10.7. The molecule has 0 aromatic heterocycles. The number of carbonyl (C=O) groups is 3. The number of rotatable bonds is 16. The van der Waals surface area contributed by atoms with E-state index in [0.29, 0.717) is 19.0 Å². The third kappa shape index (κ3) is 10.4. The fraction of sp³-hybridized carbons (Fsp3) is 0.786. The van der Waals surface area contributed by atoms with Crippen LogP contribution in [0.5, 0.6) is 0 Å². The van der Waals surface area contributed by atoms with E-state index in [4.69, 9.17) is 15.3 Å². The zero-order valence-electron chi connectivity index (χ0n) is 14.6. The topological polar surface area (TPSA) is 179 Å². The minimum atomic E-state index is -2.59. The van der Waals surface area contributed by atoms with Gasteiger partial charge in [0.15, 0.2) is 0 Å². The summed E-state index contributed by atoms with van der Waals surface area (Å²) in [5.41, 5.74) is 0. The van der Waals surface area contributed by atoms with Gasteiger partial charge in [-0.15, -0.1) is 0 Å². The van der Waals surface area contributed by atoms with Gasteiger partial charge in [0, 0.05) is 31.8 Å². The first-order chi connectivity index (χ1) is 12.2. The van der Waals surface area contributed by atoms with Crippen molar-refractivity contribution in [1.82, 2.24) is 9.80 Å². The Labute approximate surface area is 152 Å². The molecule has 0 unspecified atom stereocenters. The Morgan fingerprint density at radius 2 is 1.04 bits per heavy atom. The van der Waals surface area contributed by atoms with Crippen molar-refractivity contribution < 1.29 is 45.0 Å². The lowest BCUT2D eigenvalue weighted by atomic mass is 10.3. The first-order valence-corrected chi connectivity index (χ1v) is 10.9. The maximum absolute atomic E-state index is 11.0. The van der Waals surface area contributed by atoms with E-state index in [-0.39, 0.29) is 38.3 Å². The lowest BCUT2D eigenvalue weighted by Gasteiger charge is -2.28. The van der Waals surface area contributed by atoms with Gasteiger partial charge < -0.3 is 30.6 Å². The average Bonchev–Trinajstić information content (AvgIpc) is 2.55. The molecule has 6 N–H and O–H groups in total. The number of aliphatic carboxylic acids is 3. The largest absolute Gasteiger partial charge is 0.480 e. The highest BCUT2D eigenvalue weighted by molar-refractivity contribution is 6.79. The molecule has 0 saturated heterocycles. The summed E-state index contributed by atoms with van der Waals surface area (Å²) in [7, 11) is -2.59. The van der Waals surface area contributed by atoms with Crippen molar-refractivity contribution in [2.24, 2.45) is 0 Å². The van der Waals surface area contributed by atoms with Gasteiger partial charge in [0.2, 0.25) is 0 Å². The van der Waals surface area contributed by atoms with Crippen molar-refractivity contribution >= 4 is 26.0 Å². The van der Waals surface area contributed by atoms with Crippen LogP contribution in [-0.2, 0) is 14.4 Å². The molecule has 0 aromatic rings. The minimum absolute atomic E-state index is 0.0639. The van der Waals surface area contributed by atoms with Crippen molar-refractivity contribution in [3.8, 4) is 0 Å². The van der Waals surface area contributed by atoms with Gasteiger partial charge in [0.05, 0.1) is 19.6 Å². The quantitative estimate of drug-likeness (QED) is 0.149. The number of nitrogens with zero attached hydrogens (tertiary/aromatic N) is 2. The van der Waals surface area contributed by atoms with E-state index in [0.717, 1.165) is 0 Å². The zero-order chi connectivity index (χ0) is 20.2. The van der Waals surface area contributed by atoms with Crippen LogP contribution in [0.2, 0.25) is 6.04 Å². The lowest BCUT2D eigenvalue weighted by Crippen LogP contribution is -2.49. The van der Waals surface area contributed by atoms with E-state index < -0.39 is 39.1 Å². The van der Waals surface area contributed by atoms with E-state index in [1.54, 1.807) is 0 Å². The summed E-state index contributed by atoms with van der Waals surface area (Å²) < 4.78 is 0. The molecule has 0 bridgehead atoms. The standard InChI is InChI=1S/C14H28N2O9Si/c17-9-26(10-18,11-19)5-1-2-15(6-12(20)21)3-4-16(7-13(22)23)8-14(24)25/h17-19H,1-11H2,(H,20,21)(H,22,23)(H,24,25). The van der Waals surface area contributed by atoms with E-state index in [9.17, 15) is 29.7 Å². The molecule has 12 heteroatoms. The van der Waals surface area contributed by atoms with Crippen molar-refractivity contribution in [3.05, 3.63) is 0 Å². The molecule has 11 nitrogen and oxygen atoms in total. The van der Waals surface area contributed by atoms with Gasteiger partial charge in [-0.3, -0.25) is 24.2 Å². The third-order valence-corrected chi connectivity index (χ3v) is 7.42. The molecule has 0 saturated carbocycles. The first-order valence-electron chi connectivity index (χ1n) is 8.10. The van der Waals surface area contributed by atoms with Gasteiger partial charge in [0.25, 0.3) is 0 Å². The molecule has 0 amide bonds. The predicted octanol–water partition coefficient (Wildman–Crippen LogP) is -2.72. The summed E-state index contributed by atoms with van der Waals surface area (Å²) in [5, 5.41) is 54.6. The summed E-state index contributed by atoms with van der Waals surface area (Å²) in [6.45, 7) is -0.728. The molecular formula is C14H28N2O9Si. The number of carboxylic acid groups (broad SMARTS) is 3. The van der Waals surface area contributed by atoms with Crippen LogP contribution in [0.15, 0.2) is 0 Å². The van der Waals surface area contributed by atoms with E-state index >= 15 is 0 Å². The summed E-state index contributed by atoms with van der Waals surface area (Å²) in [6.07, 6.45) is -0.378. The highest BCUT2D eigenvalue weighted by Crippen LogP contribution is 2.11. The molecule has 0 radical (unpaired) electrons. The second-order valence-electron chi connectivity index (χ2n) is 6.25. The molecule has 0 aliphatic heterocycles. The van der Waals surface area contributed by atoms with Crippen molar-refractivity contribution in [1.29, 1.82) is 0 Å². The molecule has 0 fully saturated rings. The van der Waals surface area contributed by atoms with Crippen LogP contribution in [-0.4, -0.2) is 124 Å². The van der Waals surface area contributed by atoms with Crippen LogP contribution in [0.1, 0.15) is 6.42 Å². The molecular weight excluding hydrogens is 368 g/mol. The van der Waals surface area contributed by atoms with E-state index in [2.05, 4.69) is 0 Å². The first kappa shape index (κ1) is 24.4. The van der Waals surface area contributed by atoms with Crippen LogP contribution >= 0.6 is 0 Å². The fourth-order valence-electron chi connectivity index (χ4n) is 2.41. The van der Waals surface area contributed by atoms with Crippen LogP contribution in [0.4, 0.5) is 0 Å². The number of hydrogen-bond acceptors (Lipinski definition) is 8. The molecule has 0 aliphatic rings. The van der Waals surface area contributed by atoms with Gasteiger partial charge in [0.1, 0.15) is 8.07 Å². The van der Waals surface area contributed by atoms with Crippen LogP contribution in [0.3, 0.4) is 0 Å². The van der Waals surface area contributed by atoms with Crippen LogP contribution < -0.4 is 0 Å². The Balaban J connectivity index is 4.69. The molecule has 26 heavy (non-hydrogen) atoms. The van der Waals surface area contributed by atoms with Crippen molar-refractivity contribution in [2.75, 3.05) is 58.0 Å². The Kier molecular flexibility index (Phi) is 12.0. The number of aliphatic hydroxyl groups is 3. The van der Waals surface area contributed by atoms with Gasteiger partial charge in [-0.1, -0.05) is 6.04 Å². The van der Waals surface area contributed by atoms with Crippen molar-refractivity contribution in [2.45, 2.75) is 12.5 Å². The molecule has 0 aromatic carbocycles. The zero-order valence-corrected chi connectivity index (χ0v) is 15.6. The normalized spacial score (nSPS) is 11.9. The van der Waals surface area contributed by atoms with Gasteiger partial charge in [-0.2, -0.15) is 0 Å².